The number of carbonyl (C=O) groups excluding carboxylic acids is 1. The lowest BCUT2D eigenvalue weighted by atomic mass is 10.1. The molecule has 0 aliphatic rings. The summed E-state index contributed by atoms with van der Waals surface area (Å²) in [5.74, 6) is 2.04. The molecule has 0 saturated carbocycles. The molecule has 0 unspecified atom stereocenters. The second kappa shape index (κ2) is 9.75. The van der Waals surface area contributed by atoms with Crippen molar-refractivity contribution in [3.8, 4) is 11.5 Å². The van der Waals surface area contributed by atoms with Gasteiger partial charge in [0.05, 0.1) is 11.9 Å². The summed E-state index contributed by atoms with van der Waals surface area (Å²) < 4.78 is 7.24. The van der Waals surface area contributed by atoms with Crippen LogP contribution in [0.25, 0.3) is 11.0 Å². The Hall–Kier alpha value is -4.92. The Balaban J connectivity index is 1.31. The summed E-state index contributed by atoms with van der Waals surface area (Å²) in [6.07, 6.45) is 3.03. The zero-order chi connectivity index (χ0) is 25.1. The Kier molecular flexibility index (Phi) is 6.19. The highest BCUT2D eigenvalue weighted by molar-refractivity contribution is 5.95. The zero-order valence-corrected chi connectivity index (χ0v) is 19.8. The summed E-state index contributed by atoms with van der Waals surface area (Å²) in [6.45, 7) is 3.77. The van der Waals surface area contributed by atoms with E-state index < -0.39 is 6.03 Å². The number of carbonyl (C=O) groups is 1. The van der Waals surface area contributed by atoms with Crippen LogP contribution in [0.3, 0.4) is 0 Å². The Morgan fingerprint density at radius 3 is 2.50 bits per heavy atom. The lowest BCUT2D eigenvalue weighted by Gasteiger charge is -2.10. The number of para-hydroxylation sites is 1. The largest absolute Gasteiger partial charge is 0.457 e. The van der Waals surface area contributed by atoms with Crippen molar-refractivity contribution in [3.05, 3.63) is 106 Å². The van der Waals surface area contributed by atoms with Crippen LogP contribution in [-0.4, -0.2) is 25.6 Å². The Labute approximate surface area is 206 Å². The van der Waals surface area contributed by atoms with E-state index in [4.69, 9.17) is 4.74 Å². The van der Waals surface area contributed by atoms with E-state index in [1.807, 2.05) is 74.5 Å². The van der Waals surface area contributed by atoms with Gasteiger partial charge in [0.15, 0.2) is 5.65 Å². The molecule has 1 amide bonds. The number of rotatable bonds is 6. The number of benzene rings is 2. The van der Waals surface area contributed by atoms with Crippen LogP contribution < -0.4 is 20.9 Å². The summed E-state index contributed by atoms with van der Waals surface area (Å²) >= 11 is 0. The summed E-state index contributed by atoms with van der Waals surface area (Å²) in [7, 11) is 0. The third-order valence-electron chi connectivity index (χ3n) is 5.71. The smallest absolute Gasteiger partial charge is 0.327 e. The van der Waals surface area contributed by atoms with Gasteiger partial charge in [-0.15, -0.1) is 0 Å². The number of hydrogen-bond acceptors (Lipinski definition) is 6. The van der Waals surface area contributed by atoms with E-state index in [-0.39, 0.29) is 12.1 Å². The number of aromatic amines is 1. The topological polar surface area (TPSA) is 114 Å². The normalized spacial score (nSPS) is 10.8. The van der Waals surface area contributed by atoms with Crippen molar-refractivity contribution in [2.45, 2.75) is 20.4 Å². The van der Waals surface area contributed by atoms with Gasteiger partial charge in [-0.25, -0.2) is 14.8 Å². The van der Waals surface area contributed by atoms with Gasteiger partial charge >= 0.3 is 6.03 Å². The lowest BCUT2D eigenvalue weighted by molar-refractivity contribution is 0.242. The minimum Gasteiger partial charge on any atom is -0.457 e. The lowest BCUT2D eigenvalue weighted by Crippen LogP contribution is -2.31. The van der Waals surface area contributed by atoms with E-state index in [2.05, 4.69) is 25.6 Å². The summed E-state index contributed by atoms with van der Waals surface area (Å²) in [6, 6.07) is 20.3. The summed E-state index contributed by atoms with van der Waals surface area (Å²) in [5.41, 5.74) is 3.16. The van der Waals surface area contributed by atoms with Crippen LogP contribution in [0.2, 0.25) is 0 Å². The molecule has 5 aromatic rings. The molecule has 0 fully saturated rings. The predicted octanol–water partition coefficient (Wildman–Crippen LogP) is 5.03. The van der Waals surface area contributed by atoms with Crippen LogP contribution in [0, 0.1) is 13.8 Å². The van der Waals surface area contributed by atoms with Gasteiger partial charge in [0.2, 0.25) is 0 Å². The zero-order valence-electron chi connectivity index (χ0n) is 19.8. The van der Waals surface area contributed by atoms with Crippen LogP contribution in [0.4, 0.5) is 16.3 Å². The quantitative estimate of drug-likeness (QED) is 0.314. The van der Waals surface area contributed by atoms with Gasteiger partial charge in [-0.05, 0) is 67.9 Å². The van der Waals surface area contributed by atoms with Crippen molar-refractivity contribution >= 4 is 28.6 Å². The number of nitrogens with one attached hydrogen (secondary N) is 3. The van der Waals surface area contributed by atoms with Gasteiger partial charge in [-0.3, -0.25) is 9.36 Å². The number of ether oxygens (including phenoxy) is 1. The molecule has 36 heavy (non-hydrogen) atoms. The van der Waals surface area contributed by atoms with E-state index in [9.17, 15) is 9.59 Å². The van der Waals surface area contributed by atoms with Crippen molar-refractivity contribution in [1.29, 1.82) is 0 Å². The average molecular weight is 481 g/mol. The summed E-state index contributed by atoms with van der Waals surface area (Å²) in [5, 5.41) is 6.75. The van der Waals surface area contributed by atoms with Crippen LogP contribution in [0.15, 0.2) is 84.0 Å². The fourth-order valence-electron chi connectivity index (χ4n) is 3.93. The van der Waals surface area contributed by atoms with Crippen molar-refractivity contribution in [2.24, 2.45) is 0 Å². The van der Waals surface area contributed by atoms with Crippen molar-refractivity contribution < 1.29 is 9.53 Å². The SMILES string of the molecule is Cc1cc(C)c(CNC(=O)n2ccc3c(Nc4ccc(Oc5ccccc5)cc4)ncnc32)c(=O)[nH]1. The first-order valence-corrected chi connectivity index (χ1v) is 11.4. The van der Waals surface area contributed by atoms with Gasteiger partial charge in [0, 0.05) is 23.1 Å². The van der Waals surface area contributed by atoms with E-state index >= 15 is 0 Å². The fourth-order valence-corrected chi connectivity index (χ4v) is 3.93. The van der Waals surface area contributed by atoms with E-state index in [0.717, 1.165) is 22.7 Å². The molecule has 0 radical (unpaired) electrons. The maximum Gasteiger partial charge on any atom is 0.327 e. The monoisotopic (exact) mass is 480 g/mol. The molecule has 5 rings (SSSR count). The summed E-state index contributed by atoms with van der Waals surface area (Å²) in [4.78, 5) is 36.5. The van der Waals surface area contributed by atoms with E-state index in [1.165, 1.54) is 10.9 Å². The molecule has 9 heteroatoms. The Bertz CT molecular complexity index is 1590. The Morgan fingerprint density at radius 2 is 1.75 bits per heavy atom. The molecule has 2 aromatic carbocycles. The number of H-pyrrole nitrogens is 1. The molecule has 9 nitrogen and oxygen atoms in total. The van der Waals surface area contributed by atoms with E-state index in [0.29, 0.717) is 28.2 Å². The van der Waals surface area contributed by atoms with Crippen LogP contribution in [0.5, 0.6) is 11.5 Å². The third kappa shape index (κ3) is 4.80. The highest BCUT2D eigenvalue weighted by Crippen LogP contribution is 2.27. The average Bonchev–Trinajstić information content (AvgIpc) is 3.30. The third-order valence-corrected chi connectivity index (χ3v) is 5.71. The second-order valence-corrected chi connectivity index (χ2v) is 8.31. The highest BCUT2D eigenvalue weighted by atomic mass is 16.5. The number of aromatic nitrogens is 4. The number of hydrogen-bond donors (Lipinski definition) is 3. The van der Waals surface area contributed by atoms with Crippen LogP contribution in [0.1, 0.15) is 16.8 Å². The number of fused-ring (bicyclic) bond motifs is 1. The van der Waals surface area contributed by atoms with Crippen molar-refractivity contribution in [3.63, 3.8) is 0 Å². The molecular formula is C27H24N6O3. The molecule has 180 valence electrons. The molecular weight excluding hydrogens is 456 g/mol. The van der Waals surface area contributed by atoms with Gasteiger partial charge < -0.3 is 20.4 Å². The maximum absolute atomic E-state index is 12.9. The minimum atomic E-state index is -0.392. The first kappa shape index (κ1) is 22.9. The van der Waals surface area contributed by atoms with Gasteiger partial charge in [0.25, 0.3) is 5.56 Å². The van der Waals surface area contributed by atoms with Crippen molar-refractivity contribution in [2.75, 3.05) is 5.32 Å². The fraction of sp³-hybridized carbons (Fsp3) is 0.111. The van der Waals surface area contributed by atoms with Gasteiger partial charge in [-0.2, -0.15) is 0 Å². The molecule has 3 heterocycles. The predicted molar refractivity (Wildman–Crippen MR) is 138 cm³/mol. The Morgan fingerprint density at radius 1 is 1.00 bits per heavy atom. The van der Waals surface area contributed by atoms with Gasteiger partial charge in [-0.1, -0.05) is 18.2 Å². The van der Waals surface area contributed by atoms with Gasteiger partial charge in [0.1, 0.15) is 23.6 Å². The maximum atomic E-state index is 12.9. The van der Waals surface area contributed by atoms with Crippen LogP contribution in [-0.2, 0) is 6.54 Å². The molecule has 3 aromatic heterocycles. The first-order valence-electron chi connectivity index (χ1n) is 11.4. The van der Waals surface area contributed by atoms with Crippen LogP contribution >= 0.6 is 0 Å². The minimum absolute atomic E-state index is 0.105. The van der Waals surface area contributed by atoms with Crippen molar-refractivity contribution in [1.82, 2.24) is 24.8 Å². The molecule has 0 aliphatic carbocycles. The highest BCUT2D eigenvalue weighted by Gasteiger charge is 2.15. The number of aryl methyl sites for hydroxylation is 2. The molecule has 3 N–H and O–H groups in total. The molecule has 0 bridgehead atoms. The number of nitrogens with zero attached hydrogens (tertiary/aromatic N) is 3. The number of pyridine rings is 1. The second-order valence-electron chi connectivity index (χ2n) is 8.31. The molecule has 0 saturated heterocycles. The molecule has 0 atom stereocenters. The standard InChI is InChI=1S/C27H24N6O3/c1-17-14-18(2)31-26(34)23(17)15-28-27(35)33-13-12-22-24(29-16-30-25(22)33)32-19-8-10-21(11-9-19)36-20-6-4-3-5-7-20/h3-14,16H,15H2,1-2H3,(H,28,35)(H,31,34)(H,29,30,32). The molecule has 0 spiro atoms. The first-order chi connectivity index (χ1) is 17.5. The van der Waals surface area contributed by atoms with E-state index in [1.54, 1.807) is 12.3 Å². The number of amides is 1. The number of anilines is 2. The molecule has 0 aliphatic heterocycles.